The van der Waals surface area contributed by atoms with Gasteiger partial charge < -0.3 is 5.32 Å². The summed E-state index contributed by atoms with van der Waals surface area (Å²) in [6, 6.07) is 3.57. The molecule has 2 aromatic rings. The number of aromatic nitrogens is 2. The number of hydrogen-bond acceptors (Lipinski definition) is 5. The zero-order chi connectivity index (χ0) is 15.6. The van der Waals surface area contributed by atoms with Crippen LogP contribution in [0.25, 0.3) is 0 Å². The Morgan fingerprint density at radius 3 is 2.19 bits per heavy atom. The SMILES string of the molecule is CNc1cc(C)c(S(=O)(=O)Nc2cnc(Br)cn2)c(C)c1. The number of rotatable bonds is 4. The van der Waals surface area contributed by atoms with Crippen LogP contribution in [0.1, 0.15) is 11.1 Å². The first-order chi connectivity index (χ1) is 9.83. The molecule has 1 heterocycles. The molecule has 0 bridgehead atoms. The highest BCUT2D eigenvalue weighted by atomic mass is 79.9. The van der Waals surface area contributed by atoms with Gasteiger partial charge in [0, 0.05) is 12.7 Å². The molecule has 21 heavy (non-hydrogen) atoms. The van der Waals surface area contributed by atoms with Gasteiger partial charge in [-0.05, 0) is 53.0 Å². The molecule has 0 aliphatic rings. The van der Waals surface area contributed by atoms with E-state index in [2.05, 4.69) is 35.9 Å². The van der Waals surface area contributed by atoms with E-state index < -0.39 is 10.0 Å². The summed E-state index contributed by atoms with van der Waals surface area (Å²) in [5.74, 6) is 0.176. The van der Waals surface area contributed by atoms with Crippen LogP contribution in [0.15, 0.2) is 34.0 Å². The molecule has 0 aliphatic carbocycles. The number of nitrogens with zero attached hydrogens (tertiary/aromatic N) is 2. The number of halogens is 1. The lowest BCUT2D eigenvalue weighted by Gasteiger charge is -2.14. The molecule has 0 saturated carbocycles. The Morgan fingerprint density at radius 2 is 1.71 bits per heavy atom. The predicted octanol–water partition coefficient (Wildman–Crippen LogP) is 2.70. The lowest BCUT2D eigenvalue weighted by atomic mass is 10.1. The summed E-state index contributed by atoms with van der Waals surface area (Å²) in [4.78, 5) is 8.17. The monoisotopic (exact) mass is 370 g/mol. The molecule has 0 unspecified atom stereocenters. The molecule has 1 aromatic heterocycles. The summed E-state index contributed by atoms with van der Waals surface area (Å²) < 4.78 is 28.0. The largest absolute Gasteiger partial charge is 0.388 e. The molecular formula is C13H15BrN4O2S. The smallest absolute Gasteiger partial charge is 0.263 e. The topological polar surface area (TPSA) is 84.0 Å². The molecule has 0 amide bonds. The van der Waals surface area contributed by atoms with E-state index in [0.29, 0.717) is 15.7 Å². The minimum atomic E-state index is -3.71. The highest BCUT2D eigenvalue weighted by Gasteiger charge is 2.20. The molecule has 6 nitrogen and oxygen atoms in total. The quantitative estimate of drug-likeness (QED) is 0.864. The Kier molecular flexibility index (Phi) is 4.48. The second kappa shape index (κ2) is 5.98. The van der Waals surface area contributed by atoms with Crippen molar-refractivity contribution in [1.29, 1.82) is 0 Å². The van der Waals surface area contributed by atoms with Crippen LogP contribution in [0.3, 0.4) is 0 Å². The summed E-state index contributed by atoms with van der Waals surface area (Å²) in [6.45, 7) is 3.52. The number of anilines is 2. The fourth-order valence-corrected chi connectivity index (χ4v) is 3.73. The van der Waals surface area contributed by atoms with Crippen molar-refractivity contribution in [3.8, 4) is 0 Å². The Balaban J connectivity index is 2.42. The highest BCUT2D eigenvalue weighted by molar-refractivity contribution is 9.10. The van der Waals surface area contributed by atoms with Crippen molar-refractivity contribution in [3.05, 3.63) is 40.3 Å². The molecule has 1 aromatic carbocycles. The van der Waals surface area contributed by atoms with E-state index in [1.165, 1.54) is 12.4 Å². The number of hydrogen-bond donors (Lipinski definition) is 2. The maximum atomic E-state index is 12.5. The number of nitrogens with one attached hydrogen (secondary N) is 2. The van der Waals surface area contributed by atoms with Gasteiger partial charge in [0.2, 0.25) is 0 Å². The molecule has 112 valence electrons. The first-order valence-corrected chi connectivity index (χ1v) is 8.40. The van der Waals surface area contributed by atoms with Crippen LogP contribution >= 0.6 is 15.9 Å². The summed E-state index contributed by atoms with van der Waals surface area (Å²) in [6.07, 6.45) is 2.79. The molecular weight excluding hydrogens is 356 g/mol. The van der Waals surface area contributed by atoms with Gasteiger partial charge in [0.1, 0.15) is 4.60 Å². The third-order valence-corrected chi connectivity index (χ3v) is 4.95. The van der Waals surface area contributed by atoms with Crippen LogP contribution in [0.5, 0.6) is 0 Å². The molecule has 0 saturated heterocycles. The summed E-state index contributed by atoms with van der Waals surface area (Å²) in [7, 11) is -1.92. The van der Waals surface area contributed by atoms with Crippen molar-refractivity contribution in [1.82, 2.24) is 9.97 Å². The first-order valence-electron chi connectivity index (χ1n) is 6.13. The van der Waals surface area contributed by atoms with Crippen molar-refractivity contribution in [2.24, 2.45) is 0 Å². The number of sulfonamides is 1. The van der Waals surface area contributed by atoms with E-state index in [1.54, 1.807) is 33.0 Å². The molecule has 0 aliphatic heterocycles. The van der Waals surface area contributed by atoms with E-state index in [-0.39, 0.29) is 10.7 Å². The first kappa shape index (κ1) is 15.7. The average Bonchev–Trinajstić information content (AvgIpc) is 2.39. The Morgan fingerprint density at radius 1 is 1.10 bits per heavy atom. The van der Waals surface area contributed by atoms with Gasteiger partial charge in [0.05, 0.1) is 17.3 Å². The van der Waals surface area contributed by atoms with Crippen LogP contribution in [0, 0.1) is 13.8 Å². The van der Waals surface area contributed by atoms with Crippen LogP contribution in [0.2, 0.25) is 0 Å². The molecule has 8 heteroatoms. The molecule has 0 fully saturated rings. The molecule has 0 spiro atoms. The number of aryl methyl sites for hydroxylation is 2. The molecule has 0 atom stereocenters. The van der Waals surface area contributed by atoms with Crippen LogP contribution in [-0.4, -0.2) is 25.4 Å². The zero-order valence-electron chi connectivity index (χ0n) is 11.8. The second-order valence-electron chi connectivity index (χ2n) is 4.52. The zero-order valence-corrected chi connectivity index (χ0v) is 14.2. The van der Waals surface area contributed by atoms with E-state index in [0.717, 1.165) is 5.69 Å². The third-order valence-electron chi connectivity index (χ3n) is 2.88. The summed E-state index contributed by atoms with van der Waals surface area (Å²) >= 11 is 3.15. The standard InChI is InChI=1S/C13H15BrN4O2S/c1-8-4-10(15-3)5-9(2)13(8)21(19,20)18-12-7-16-11(14)6-17-12/h4-7,15H,1-3H3,(H,17,18). The molecule has 2 rings (SSSR count). The van der Waals surface area contributed by atoms with Gasteiger partial charge in [-0.15, -0.1) is 0 Å². The van der Waals surface area contributed by atoms with Crippen molar-refractivity contribution in [2.75, 3.05) is 17.1 Å². The van der Waals surface area contributed by atoms with Crippen molar-refractivity contribution in [3.63, 3.8) is 0 Å². The van der Waals surface area contributed by atoms with Gasteiger partial charge in [-0.25, -0.2) is 18.4 Å². The minimum absolute atomic E-state index is 0.176. The maximum absolute atomic E-state index is 12.5. The highest BCUT2D eigenvalue weighted by Crippen LogP contribution is 2.25. The predicted molar refractivity (Wildman–Crippen MR) is 86.0 cm³/mol. The normalized spacial score (nSPS) is 11.2. The third kappa shape index (κ3) is 3.51. The van der Waals surface area contributed by atoms with Crippen LogP contribution in [0.4, 0.5) is 11.5 Å². The van der Waals surface area contributed by atoms with Gasteiger partial charge in [-0.2, -0.15) is 0 Å². The fraction of sp³-hybridized carbons (Fsp3) is 0.231. The summed E-state index contributed by atoms with van der Waals surface area (Å²) in [5, 5.41) is 3.00. The Labute approximate surface area is 132 Å². The maximum Gasteiger partial charge on any atom is 0.263 e. The van der Waals surface area contributed by atoms with E-state index in [4.69, 9.17) is 0 Å². The van der Waals surface area contributed by atoms with Crippen molar-refractivity contribution >= 4 is 37.5 Å². The average molecular weight is 371 g/mol. The minimum Gasteiger partial charge on any atom is -0.388 e. The Bertz CT molecular complexity index is 737. The lowest BCUT2D eigenvalue weighted by Crippen LogP contribution is -2.17. The van der Waals surface area contributed by atoms with Gasteiger partial charge in [-0.1, -0.05) is 0 Å². The van der Waals surface area contributed by atoms with Gasteiger partial charge in [0.25, 0.3) is 10.0 Å². The van der Waals surface area contributed by atoms with Crippen molar-refractivity contribution in [2.45, 2.75) is 18.7 Å². The molecule has 2 N–H and O–H groups in total. The lowest BCUT2D eigenvalue weighted by molar-refractivity contribution is 0.600. The fourth-order valence-electron chi connectivity index (χ4n) is 2.07. The van der Waals surface area contributed by atoms with Gasteiger partial charge in [-0.3, -0.25) is 4.72 Å². The van der Waals surface area contributed by atoms with Crippen LogP contribution in [-0.2, 0) is 10.0 Å². The van der Waals surface area contributed by atoms with E-state index in [9.17, 15) is 8.42 Å². The van der Waals surface area contributed by atoms with E-state index >= 15 is 0 Å². The van der Waals surface area contributed by atoms with Gasteiger partial charge in [0.15, 0.2) is 5.82 Å². The number of benzene rings is 1. The summed E-state index contributed by atoms with van der Waals surface area (Å²) in [5.41, 5.74) is 2.20. The second-order valence-corrected chi connectivity index (χ2v) is 6.95. The Hall–Kier alpha value is -1.67. The van der Waals surface area contributed by atoms with Gasteiger partial charge >= 0.3 is 0 Å². The molecule has 0 radical (unpaired) electrons. The van der Waals surface area contributed by atoms with Crippen LogP contribution < -0.4 is 10.0 Å². The van der Waals surface area contributed by atoms with Crippen molar-refractivity contribution < 1.29 is 8.42 Å². The van der Waals surface area contributed by atoms with E-state index in [1.807, 2.05) is 0 Å².